The Morgan fingerprint density at radius 3 is 2.88 bits per heavy atom. The van der Waals surface area contributed by atoms with Crippen LogP contribution in [-0.4, -0.2) is 24.7 Å². The lowest BCUT2D eigenvalue weighted by Crippen LogP contribution is -2.30. The van der Waals surface area contributed by atoms with Crippen molar-refractivity contribution >= 4 is 11.6 Å². The number of aryl methyl sites for hydroxylation is 1. The summed E-state index contributed by atoms with van der Waals surface area (Å²) in [5, 5.41) is 2.89. The summed E-state index contributed by atoms with van der Waals surface area (Å²) < 4.78 is 5.55. The van der Waals surface area contributed by atoms with Crippen molar-refractivity contribution in [2.75, 3.05) is 11.9 Å². The molecule has 4 nitrogen and oxygen atoms in total. The zero-order chi connectivity index (χ0) is 12.3. The zero-order valence-corrected chi connectivity index (χ0v) is 9.98. The van der Waals surface area contributed by atoms with Crippen LogP contribution in [0.5, 0.6) is 0 Å². The highest BCUT2D eigenvalue weighted by Crippen LogP contribution is 2.21. The Hall–Kier alpha value is -1.39. The van der Waals surface area contributed by atoms with E-state index < -0.39 is 0 Å². The number of ether oxygens (including phenoxy) is 1. The molecule has 3 N–H and O–H groups in total. The fourth-order valence-corrected chi connectivity index (χ4v) is 2.00. The van der Waals surface area contributed by atoms with Gasteiger partial charge in [-0.2, -0.15) is 0 Å². The third kappa shape index (κ3) is 2.84. The van der Waals surface area contributed by atoms with Crippen molar-refractivity contribution in [3.63, 3.8) is 0 Å². The maximum atomic E-state index is 12.0. The third-order valence-corrected chi connectivity index (χ3v) is 3.07. The standard InChI is InChI=1S/C13H18N2O2/c1-9-4-2-3-5-11(9)15-13(16)12-7-6-10(8-14)17-12/h2-5,10,12H,6-8,14H2,1H3,(H,15,16)/t10-,12+/m1/s1. The van der Waals surface area contributed by atoms with Crippen LogP contribution in [0.3, 0.4) is 0 Å². The van der Waals surface area contributed by atoms with Crippen molar-refractivity contribution in [1.29, 1.82) is 0 Å². The smallest absolute Gasteiger partial charge is 0.253 e. The van der Waals surface area contributed by atoms with Gasteiger partial charge in [0.25, 0.3) is 5.91 Å². The predicted molar refractivity (Wildman–Crippen MR) is 66.8 cm³/mol. The monoisotopic (exact) mass is 234 g/mol. The fourth-order valence-electron chi connectivity index (χ4n) is 2.00. The second-order valence-corrected chi connectivity index (χ2v) is 4.36. The molecule has 1 fully saturated rings. The number of nitrogens with two attached hydrogens (primary N) is 1. The van der Waals surface area contributed by atoms with E-state index in [4.69, 9.17) is 10.5 Å². The first kappa shape index (κ1) is 12.1. The molecule has 0 bridgehead atoms. The highest BCUT2D eigenvalue weighted by atomic mass is 16.5. The quantitative estimate of drug-likeness (QED) is 0.831. The number of nitrogens with one attached hydrogen (secondary N) is 1. The van der Waals surface area contributed by atoms with E-state index in [1.54, 1.807) is 0 Å². The topological polar surface area (TPSA) is 64.4 Å². The van der Waals surface area contributed by atoms with Gasteiger partial charge in [-0.15, -0.1) is 0 Å². The molecule has 1 heterocycles. The first-order chi connectivity index (χ1) is 8.20. The molecule has 1 amide bonds. The molecule has 0 spiro atoms. The second-order valence-electron chi connectivity index (χ2n) is 4.36. The van der Waals surface area contributed by atoms with Crippen LogP contribution >= 0.6 is 0 Å². The van der Waals surface area contributed by atoms with Gasteiger partial charge in [0.2, 0.25) is 0 Å². The maximum absolute atomic E-state index is 12.0. The zero-order valence-electron chi connectivity index (χ0n) is 9.98. The summed E-state index contributed by atoms with van der Waals surface area (Å²) in [6, 6.07) is 7.71. The molecule has 0 saturated carbocycles. The Balaban J connectivity index is 1.96. The molecule has 1 aromatic rings. The van der Waals surface area contributed by atoms with E-state index in [0.717, 1.165) is 24.1 Å². The minimum Gasteiger partial charge on any atom is -0.364 e. The molecule has 2 rings (SSSR count). The van der Waals surface area contributed by atoms with Crippen molar-refractivity contribution < 1.29 is 9.53 Å². The number of hydrogen-bond acceptors (Lipinski definition) is 3. The molecule has 0 aliphatic carbocycles. The van der Waals surface area contributed by atoms with E-state index >= 15 is 0 Å². The summed E-state index contributed by atoms with van der Waals surface area (Å²) >= 11 is 0. The summed E-state index contributed by atoms with van der Waals surface area (Å²) in [4.78, 5) is 12.0. The average molecular weight is 234 g/mol. The van der Waals surface area contributed by atoms with Crippen LogP contribution in [-0.2, 0) is 9.53 Å². The molecular weight excluding hydrogens is 216 g/mol. The first-order valence-corrected chi connectivity index (χ1v) is 5.92. The molecule has 1 aliphatic rings. The van der Waals surface area contributed by atoms with Gasteiger partial charge in [0.1, 0.15) is 6.10 Å². The summed E-state index contributed by atoms with van der Waals surface area (Å²) in [7, 11) is 0. The Labute approximate surface area is 101 Å². The summed E-state index contributed by atoms with van der Waals surface area (Å²) in [5.74, 6) is -0.0738. The van der Waals surface area contributed by atoms with Gasteiger partial charge in [0.15, 0.2) is 0 Å². The average Bonchev–Trinajstić information content (AvgIpc) is 2.81. The lowest BCUT2D eigenvalue weighted by molar-refractivity contribution is -0.126. The van der Waals surface area contributed by atoms with Gasteiger partial charge in [0, 0.05) is 12.2 Å². The van der Waals surface area contributed by atoms with Crippen molar-refractivity contribution in [3.8, 4) is 0 Å². The number of carbonyl (C=O) groups is 1. The maximum Gasteiger partial charge on any atom is 0.253 e. The van der Waals surface area contributed by atoms with Gasteiger partial charge in [0.05, 0.1) is 6.10 Å². The van der Waals surface area contributed by atoms with E-state index in [-0.39, 0.29) is 18.1 Å². The predicted octanol–water partition coefficient (Wildman–Crippen LogP) is 1.44. The number of hydrogen-bond donors (Lipinski definition) is 2. The van der Waals surface area contributed by atoms with Gasteiger partial charge >= 0.3 is 0 Å². The van der Waals surface area contributed by atoms with Crippen LogP contribution < -0.4 is 11.1 Å². The lowest BCUT2D eigenvalue weighted by atomic mass is 10.1. The number of carbonyl (C=O) groups excluding carboxylic acids is 1. The molecule has 92 valence electrons. The van der Waals surface area contributed by atoms with Crippen LogP contribution in [0.1, 0.15) is 18.4 Å². The van der Waals surface area contributed by atoms with Crippen LogP contribution in [0.2, 0.25) is 0 Å². The summed E-state index contributed by atoms with van der Waals surface area (Å²) in [6.07, 6.45) is 1.29. The Morgan fingerprint density at radius 1 is 1.47 bits per heavy atom. The van der Waals surface area contributed by atoms with E-state index in [1.807, 2.05) is 31.2 Å². The molecule has 1 aromatic carbocycles. The fraction of sp³-hybridized carbons (Fsp3) is 0.462. The van der Waals surface area contributed by atoms with Gasteiger partial charge in [-0.3, -0.25) is 4.79 Å². The van der Waals surface area contributed by atoms with Crippen LogP contribution in [0.25, 0.3) is 0 Å². The Morgan fingerprint density at radius 2 is 2.24 bits per heavy atom. The van der Waals surface area contributed by atoms with E-state index in [9.17, 15) is 4.79 Å². The van der Waals surface area contributed by atoms with Gasteiger partial charge in [-0.1, -0.05) is 18.2 Å². The minimum atomic E-state index is -0.358. The van der Waals surface area contributed by atoms with Crippen LogP contribution in [0.15, 0.2) is 24.3 Å². The number of amides is 1. The number of para-hydroxylation sites is 1. The number of rotatable bonds is 3. The highest BCUT2D eigenvalue weighted by Gasteiger charge is 2.29. The molecule has 1 saturated heterocycles. The minimum absolute atomic E-state index is 0.0302. The molecule has 0 aromatic heterocycles. The van der Waals surface area contributed by atoms with Crippen LogP contribution in [0, 0.1) is 6.92 Å². The van der Waals surface area contributed by atoms with Crippen LogP contribution in [0.4, 0.5) is 5.69 Å². The van der Waals surface area contributed by atoms with Gasteiger partial charge in [-0.05, 0) is 31.4 Å². The largest absolute Gasteiger partial charge is 0.364 e. The number of benzene rings is 1. The number of anilines is 1. The molecule has 4 heteroatoms. The second kappa shape index (κ2) is 5.29. The molecule has 17 heavy (non-hydrogen) atoms. The highest BCUT2D eigenvalue weighted by molar-refractivity contribution is 5.94. The van der Waals surface area contributed by atoms with Gasteiger partial charge < -0.3 is 15.8 Å². The molecule has 0 radical (unpaired) electrons. The molecule has 1 aliphatic heterocycles. The molecular formula is C13H18N2O2. The van der Waals surface area contributed by atoms with Gasteiger partial charge in [-0.25, -0.2) is 0 Å². The molecule has 2 atom stereocenters. The van der Waals surface area contributed by atoms with Crippen molar-refractivity contribution in [2.45, 2.75) is 32.0 Å². The Bertz CT molecular complexity index is 406. The van der Waals surface area contributed by atoms with E-state index in [0.29, 0.717) is 6.54 Å². The van der Waals surface area contributed by atoms with E-state index in [2.05, 4.69) is 5.32 Å². The van der Waals surface area contributed by atoms with E-state index in [1.165, 1.54) is 0 Å². The lowest BCUT2D eigenvalue weighted by Gasteiger charge is -2.13. The van der Waals surface area contributed by atoms with Crippen molar-refractivity contribution in [1.82, 2.24) is 0 Å². The summed E-state index contributed by atoms with van der Waals surface area (Å²) in [6.45, 7) is 2.45. The van der Waals surface area contributed by atoms with Crippen molar-refractivity contribution in [2.24, 2.45) is 5.73 Å². The molecule has 0 unspecified atom stereocenters. The normalized spacial score (nSPS) is 23.6. The third-order valence-electron chi connectivity index (χ3n) is 3.07. The summed E-state index contributed by atoms with van der Waals surface area (Å²) in [5.41, 5.74) is 7.41. The van der Waals surface area contributed by atoms with Crippen molar-refractivity contribution in [3.05, 3.63) is 29.8 Å². The first-order valence-electron chi connectivity index (χ1n) is 5.92. The Kier molecular flexibility index (Phi) is 3.76. The SMILES string of the molecule is Cc1ccccc1NC(=O)[C@@H]1CC[C@H](CN)O1.